The highest BCUT2D eigenvalue weighted by atomic mass is 19.1. The van der Waals surface area contributed by atoms with Crippen molar-refractivity contribution in [2.24, 2.45) is 5.92 Å². The summed E-state index contributed by atoms with van der Waals surface area (Å²) in [5.74, 6) is -0.141. The van der Waals surface area contributed by atoms with Crippen molar-refractivity contribution in [1.29, 1.82) is 0 Å². The molecular formula is C10H16FNO. The van der Waals surface area contributed by atoms with Gasteiger partial charge in [-0.1, -0.05) is 12.2 Å². The molecule has 0 aromatic carbocycles. The number of carbonyl (C=O) groups excluding carboxylic acids is 1. The van der Waals surface area contributed by atoms with Crippen LogP contribution in [0.1, 0.15) is 26.2 Å². The molecule has 1 N–H and O–H groups in total. The highest BCUT2D eigenvalue weighted by Gasteiger charge is 2.29. The topological polar surface area (TPSA) is 29.1 Å². The molecule has 0 aromatic rings. The number of alkyl halides is 1. The molecule has 0 aromatic heterocycles. The third-order valence-corrected chi connectivity index (χ3v) is 2.30. The molecule has 2 nitrogen and oxygen atoms in total. The first-order chi connectivity index (χ1) is 6.09. The fraction of sp³-hybridized carbons (Fsp3) is 0.700. The van der Waals surface area contributed by atoms with Crippen LogP contribution in [0.5, 0.6) is 0 Å². The van der Waals surface area contributed by atoms with Crippen LogP contribution >= 0.6 is 0 Å². The third-order valence-electron chi connectivity index (χ3n) is 2.30. The summed E-state index contributed by atoms with van der Waals surface area (Å²) < 4.78 is 12.7. The van der Waals surface area contributed by atoms with E-state index in [1.807, 2.05) is 6.92 Å². The number of carbonyl (C=O) groups is 1. The minimum absolute atomic E-state index is 0.0249. The van der Waals surface area contributed by atoms with Crippen LogP contribution in [0.3, 0.4) is 0 Å². The van der Waals surface area contributed by atoms with Crippen molar-refractivity contribution in [3.8, 4) is 0 Å². The van der Waals surface area contributed by atoms with E-state index in [0.717, 1.165) is 5.57 Å². The van der Waals surface area contributed by atoms with Crippen molar-refractivity contribution in [3.05, 3.63) is 12.2 Å². The van der Waals surface area contributed by atoms with Crippen LogP contribution in [0.25, 0.3) is 0 Å². The van der Waals surface area contributed by atoms with E-state index in [-0.39, 0.29) is 11.8 Å². The SMILES string of the molecule is C=C(C)CNC(=O)C1CCC(F)C1. The van der Waals surface area contributed by atoms with Crippen molar-refractivity contribution < 1.29 is 9.18 Å². The highest BCUT2D eigenvalue weighted by molar-refractivity contribution is 5.79. The van der Waals surface area contributed by atoms with E-state index in [0.29, 0.717) is 25.8 Å². The van der Waals surface area contributed by atoms with Gasteiger partial charge >= 0.3 is 0 Å². The molecule has 0 spiro atoms. The molecule has 1 rings (SSSR count). The second-order valence-corrected chi connectivity index (χ2v) is 3.78. The van der Waals surface area contributed by atoms with E-state index in [1.165, 1.54) is 0 Å². The van der Waals surface area contributed by atoms with Gasteiger partial charge in [0, 0.05) is 12.5 Å². The van der Waals surface area contributed by atoms with Crippen molar-refractivity contribution in [2.75, 3.05) is 6.54 Å². The summed E-state index contributed by atoms with van der Waals surface area (Å²) in [5.41, 5.74) is 0.920. The van der Waals surface area contributed by atoms with Crippen molar-refractivity contribution in [3.63, 3.8) is 0 Å². The molecule has 2 unspecified atom stereocenters. The maximum atomic E-state index is 12.7. The molecule has 74 valence electrons. The lowest BCUT2D eigenvalue weighted by Gasteiger charge is -2.09. The predicted octanol–water partition coefficient (Wildman–Crippen LogP) is 1.82. The monoisotopic (exact) mass is 185 g/mol. The number of hydrogen-bond acceptors (Lipinski definition) is 1. The van der Waals surface area contributed by atoms with Crippen molar-refractivity contribution >= 4 is 5.91 Å². The lowest BCUT2D eigenvalue weighted by Crippen LogP contribution is -2.30. The number of nitrogens with one attached hydrogen (secondary N) is 1. The van der Waals surface area contributed by atoms with Crippen LogP contribution in [0.4, 0.5) is 4.39 Å². The van der Waals surface area contributed by atoms with Crippen molar-refractivity contribution in [2.45, 2.75) is 32.4 Å². The number of hydrogen-bond donors (Lipinski definition) is 1. The summed E-state index contributed by atoms with van der Waals surface area (Å²) in [6.45, 7) is 6.04. The molecule has 1 amide bonds. The first-order valence-electron chi connectivity index (χ1n) is 4.65. The molecule has 0 radical (unpaired) electrons. The van der Waals surface area contributed by atoms with E-state index < -0.39 is 6.17 Å². The molecule has 2 atom stereocenters. The Kier molecular flexibility index (Phi) is 3.46. The van der Waals surface area contributed by atoms with Crippen LogP contribution < -0.4 is 5.32 Å². The number of amides is 1. The summed E-state index contributed by atoms with van der Waals surface area (Å²) >= 11 is 0. The normalized spacial score (nSPS) is 27.2. The fourth-order valence-electron chi connectivity index (χ4n) is 1.55. The van der Waals surface area contributed by atoms with E-state index in [9.17, 15) is 9.18 Å². The van der Waals surface area contributed by atoms with E-state index in [2.05, 4.69) is 11.9 Å². The van der Waals surface area contributed by atoms with Gasteiger partial charge in [0.2, 0.25) is 5.91 Å². The van der Waals surface area contributed by atoms with Crippen LogP contribution in [0, 0.1) is 5.92 Å². The van der Waals surface area contributed by atoms with Crippen LogP contribution in [-0.2, 0) is 4.79 Å². The van der Waals surface area contributed by atoms with Gasteiger partial charge in [0.05, 0.1) is 0 Å². The van der Waals surface area contributed by atoms with Gasteiger partial charge in [0.1, 0.15) is 6.17 Å². The molecule has 0 heterocycles. The largest absolute Gasteiger partial charge is 0.352 e. The highest BCUT2D eigenvalue weighted by Crippen LogP contribution is 2.27. The zero-order valence-corrected chi connectivity index (χ0v) is 7.98. The quantitative estimate of drug-likeness (QED) is 0.667. The van der Waals surface area contributed by atoms with Crippen LogP contribution in [0.15, 0.2) is 12.2 Å². The molecule has 3 heteroatoms. The van der Waals surface area contributed by atoms with E-state index >= 15 is 0 Å². The fourth-order valence-corrected chi connectivity index (χ4v) is 1.55. The van der Waals surface area contributed by atoms with E-state index in [1.54, 1.807) is 0 Å². The van der Waals surface area contributed by atoms with Crippen LogP contribution in [0.2, 0.25) is 0 Å². The Bertz CT molecular complexity index is 215. The zero-order valence-electron chi connectivity index (χ0n) is 7.98. The third kappa shape index (κ3) is 3.17. The molecule has 0 saturated heterocycles. The second-order valence-electron chi connectivity index (χ2n) is 3.78. The smallest absolute Gasteiger partial charge is 0.223 e. The maximum Gasteiger partial charge on any atom is 0.223 e. The Morgan fingerprint density at radius 1 is 1.62 bits per heavy atom. The van der Waals surface area contributed by atoms with Gasteiger partial charge in [-0.05, 0) is 26.2 Å². The Morgan fingerprint density at radius 3 is 2.77 bits per heavy atom. The van der Waals surface area contributed by atoms with Gasteiger partial charge in [-0.2, -0.15) is 0 Å². The first-order valence-corrected chi connectivity index (χ1v) is 4.65. The predicted molar refractivity (Wildman–Crippen MR) is 50.1 cm³/mol. The summed E-state index contributed by atoms with van der Waals surface area (Å²) in [7, 11) is 0. The molecule has 13 heavy (non-hydrogen) atoms. The molecule has 1 aliphatic rings. The first kappa shape index (κ1) is 10.2. The molecule has 1 fully saturated rings. The molecule has 1 aliphatic carbocycles. The molecule has 0 bridgehead atoms. The Balaban J connectivity index is 2.27. The summed E-state index contributed by atoms with van der Waals surface area (Å²) in [6.07, 6.45) is 0.830. The summed E-state index contributed by atoms with van der Waals surface area (Å²) in [4.78, 5) is 11.4. The van der Waals surface area contributed by atoms with E-state index in [4.69, 9.17) is 0 Å². The van der Waals surface area contributed by atoms with Gasteiger partial charge in [-0.25, -0.2) is 4.39 Å². The minimum Gasteiger partial charge on any atom is -0.352 e. The lowest BCUT2D eigenvalue weighted by atomic mass is 10.1. The summed E-state index contributed by atoms with van der Waals surface area (Å²) in [6, 6.07) is 0. The Hall–Kier alpha value is -0.860. The van der Waals surface area contributed by atoms with Crippen molar-refractivity contribution in [1.82, 2.24) is 5.32 Å². The van der Waals surface area contributed by atoms with Gasteiger partial charge in [-0.3, -0.25) is 4.79 Å². The van der Waals surface area contributed by atoms with Gasteiger partial charge < -0.3 is 5.32 Å². The van der Waals surface area contributed by atoms with Crippen LogP contribution in [-0.4, -0.2) is 18.6 Å². The number of halogens is 1. The van der Waals surface area contributed by atoms with Gasteiger partial charge in [0.15, 0.2) is 0 Å². The summed E-state index contributed by atoms with van der Waals surface area (Å²) in [5, 5.41) is 2.74. The molecule has 0 aliphatic heterocycles. The van der Waals surface area contributed by atoms with Gasteiger partial charge in [-0.15, -0.1) is 0 Å². The standard InChI is InChI=1S/C10H16FNO/c1-7(2)6-12-10(13)8-3-4-9(11)5-8/h8-9H,1,3-6H2,2H3,(H,12,13). The zero-order chi connectivity index (χ0) is 9.84. The average Bonchev–Trinajstić information content (AvgIpc) is 2.47. The molecule has 1 saturated carbocycles. The van der Waals surface area contributed by atoms with Gasteiger partial charge in [0.25, 0.3) is 0 Å². The minimum atomic E-state index is -0.777. The number of rotatable bonds is 3. The Labute approximate surface area is 78.2 Å². The lowest BCUT2D eigenvalue weighted by molar-refractivity contribution is -0.124. The second kappa shape index (κ2) is 4.40. The maximum absolute atomic E-state index is 12.7. The average molecular weight is 185 g/mol. The Morgan fingerprint density at radius 2 is 2.31 bits per heavy atom. The molecular weight excluding hydrogens is 169 g/mol.